The van der Waals surface area contributed by atoms with E-state index < -0.39 is 0 Å². The predicted octanol–water partition coefficient (Wildman–Crippen LogP) is 4.57. The van der Waals surface area contributed by atoms with Crippen LogP contribution in [0, 0.1) is 17.2 Å². The summed E-state index contributed by atoms with van der Waals surface area (Å²) in [4.78, 5) is 0. The number of ether oxygens (including phenoxy) is 2. The van der Waals surface area contributed by atoms with E-state index >= 15 is 0 Å². The number of nitrogen functional groups attached to an aromatic ring is 1. The van der Waals surface area contributed by atoms with E-state index in [9.17, 15) is 5.26 Å². The van der Waals surface area contributed by atoms with Gasteiger partial charge in [0.05, 0.1) is 18.2 Å². The van der Waals surface area contributed by atoms with Crippen LogP contribution in [0.4, 0.5) is 5.82 Å². The van der Waals surface area contributed by atoms with E-state index in [0.29, 0.717) is 35.5 Å². The number of anilines is 1. The van der Waals surface area contributed by atoms with Crippen LogP contribution in [0.2, 0.25) is 0 Å². The summed E-state index contributed by atoms with van der Waals surface area (Å²) in [6, 6.07) is 9.24. The maximum absolute atomic E-state index is 9.30. The maximum Gasteiger partial charge on any atom is 0.219 e. The minimum Gasteiger partial charge on any atom is -0.494 e. The van der Waals surface area contributed by atoms with Crippen LogP contribution < -0.4 is 10.5 Å². The van der Waals surface area contributed by atoms with Gasteiger partial charge in [-0.25, -0.2) is 4.68 Å². The van der Waals surface area contributed by atoms with Gasteiger partial charge in [0, 0.05) is 18.7 Å². The second-order valence-electron chi connectivity index (χ2n) is 6.66. The fraction of sp³-hybridized carbons (Fsp3) is 0.273. The molecular formula is C22H24N4O2. The van der Waals surface area contributed by atoms with Gasteiger partial charge in [0.2, 0.25) is 5.88 Å². The highest BCUT2D eigenvalue weighted by Crippen LogP contribution is 2.34. The van der Waals surface area contributed by atoms with Crippen molar-refractivity contribution in [2.75, 3.05) is 12.3 Å². The third-order valence-corrected chi connectivity index (χ3v) is 4.39. The standard InChI is InChI=1S/C22H24N4O2/c1-4-27-18-9-8-17(7-5-15(2)11-18)19-10-6-16(14-23)12-20(19)28-22-13-21(24)25-26(22)3/h6-13,15H,4-5H2,1-3H3,(H2,24,25)/b9-8?,17-7-,18-11?/t15-/m1/s1. The molecule has 0 unspecified atom stereocenters. The minimum absolute atomic E-state index is 0.348. The summed E-state index contributed by atoms with van der Waals surface area (Å²) < 4.78 is 13.3. The molecule has 0 saturated heterocycles. The van der Waals surface area contributed by atoms with Gasteiger partial charge in [-0.2, -0.15) is 10.4 Å². The van der Waals surface area contributed by atoms with Crippen molar-refractivity contribution in [1.82, 2.24) is 9.78 Å². The number of rotatable bonds is 5. The van der Waals surface area contributed by atoms with Gasteiger partial charge < -0.3 is 15.2 Å². The third-order valence-electron chi connectivity index (χ3n) is 4.39. The summed E-state index contributed by atoms with van der Waals surface area (Å²) in [7, 11) is 1.76. The zero-order valence-corrected chi connectivity index (χ0v) is 16.3. The van der Waals surface area contributed by atoms with E-state index in [2.05, 4.69) is 30.2 Å². The van der Waals surface area contributed by atoms with E-state index in [0.717, 1.165) is 23.3 Å². The van der Waals surface area contributed by atoms with Gasteiger partial charge in [-0.3, -0.25) is 0 Å². The molecule has 144 valence electrons. The molecule has 28 heavy (non-hydrogen) atoms. The molecule has 0 spiro atoms. The molecule has 1 aromatic heterocycles. The number of nitriles is 1. The van der Waals surface area contributed by atoms with Gasteiger partial charge in [-0.15, -0.1) is 0 Å². The Morgan fingerprint density at radius 3 is 2.82 bits per heavy atom. The van der Waals surface area contributed by atoms with Crippen LogP contribution in [-0.4, -0.2) is 16.4 Å². The Kier molecular flexibility index (Phi) is 5.85. The zero-order valence-electron chi connectivity index (χ0n) is 16.3. The first-order valence-corrected chi connectivity index (χ1v) is 9.25. The monoisotopic (exact) mass is 376 g/mol. The van der Waals surface area contributed by atoms with Crippen LogP contribution in [0.15, 0.2) is 54.3 Å². The van der Waals surface area contributed by atoms with Crippen LogP contribution >= 0.6 is 0 Å². The molecule has 1 atom stereocenters. The van der Waals surface area contributed by atoms with Crippen molar-refractivity contribution < 1.29 is 9.47 Å². The smallest absolute Gasteiger partial charge is 0.219 e. The van der Waals surface area contributed by atoms with Gasteiger partial charge in [0.15, 0.2) is 0 Å². The topological polar surface area (TPSA) is 86.1 Å². The lowest BCUT2D eigenvalue weighted by atomic mass is 9.96. The first-order valence-electron chi connectivity index (χ1n) is 9.25. The largest absolute Gasteiger partial charge is 0.494 e. The number of hydrogen-bond donors (Lipinski definition) is 1. The number of nitrogens with two attached hydrogens (primary N) is 1. The van der Waals surface area contributed by atoms with Crippen LogP contribution in [0.25, 0.3) is 5.57 Å². The third kappa shape index (κ3) is 4.44. The highest BCUT2D eigenvalue weighted by atomic mass is 16.5. The van der Waals surface area contributed by atoms with Gasteiger partial charge in [0.25, 0.3) is 0 Å². The first-order chi connectivity index (χ1) is 13.5. The number of aromatic nitrogens is 2. The van der Waals surface area contributed by atoms with Crippen LogP contribution in [0.1, 0.15) is 31.4 Å². The van der Waals surface area contributed by atoms with Crippen molar-refractivity contribution in [2.45, 2.75) is 20.3 Å². The van der Waals surface area contributed by atoms with Crippen LogP contribution in [-0.2, 0) is 11.8 Å². The number of benzene rings is 1. The van der Waals surface area contributed by atoms with E-state index in [1.165, 1.54) is 0 Å². The molecule has 1 aliphatic rings. The molecule has 2 N–H and O–H groups in total. The van der Waals surface area contributed by atoms with Crippen molar-refractivity contribution in [2.24, 2.45) is 13.0 Å². The van der Waals surface area contributed by atoms with E-state index in [1.807, 2.05) is 25.1 Å². The molecule has 1 heterocycles. The molecule has 0 bridgehead atoms. The summed E-state index contributed by atoms with van der Waals surface area (Å²) in [5, 5.41) is 13.4. The van der Waals surface area contributed by atoms with Crippen molar-refractivity contribution in [3.8, 4) is 17.7 Å². The van der Waals surface area contributed by atoms with Gasteiger partial charge in [0.1, 0.15) is 17.3 Å². The fourth-order valence-corrected chi connectivity index (χ4v) is 3.01. The quantitative estimate of drug-likeness (QED) is 0.826. The number of allylic oxidation sites excluding steroid dienone is 5. The molecule has 3 rings (SSSR count). The Balaban J connectivity index is 2.02. The summed E-state index contributed by atoms with van der Waals surface area (Å²) in [5.41, 5.74) is 8.18. The van der Waals surface area contributed by atoms with Gasteiger partial charge in [-0.1, -0.05) is 19.1 Å². The Labute approximate surface area is 165 Å². The normalized spacial score (nSPS) is 18.3. The number of aryl methyl sites for hydroxylation is 1. The van der Waals surface area contributed by atoms with Gasteiger partial charge >= 0.3 is 0 Å². The molecule has 0 saturated carbocycles. The number of hydrogen-bond acceptors (Lipinski definition) is 5. The summed E-state index contributed by atoms with van der Waals surface area (Å²) in [6.45, 7) is 4.75. The second kappa shape index (κ2) is 8.49. The highest BCUT2D eigenvalue weighted by molar-refractivity contribution is 5.79. The Bertz CT molecular complexity index is 992. The molecule has 2 aromatic rings. The lowest BCUT2D eigenvalue weighted by molar-refractivity contribution is 0.239. The Morgan fingerprint density at radius 2 is 2.14 bits per heavy atom. The van der Waals surface area contributed by atoms with E-state index in [4.69, 9.17) is 15.2 Å². The summed E-state index contributed by atoms with van der Waals surface area (Å²) >= 11 is 0. The summed E-state index contributed by atoms with van der Waals surface area (Å²) in [5.74, 6) is 2.67. The molecule has 0 amide bonds. The van der Waals surface area contributed by atoms with Crippen LogP contribution in [0.5, 0.6) is 11.6 Å². The molecule has 0 fully saturated rings. The average Bonchev–Trinajstić information content (AvgIpc) is 2.97. The van der Waals surface area contributed by atoms with Crippen molar-refractivity contribution in [1.29, 1.82) is 5.26 Å². The van der Waals surface area contributed by atoms with E-state index in [1.54, 1.807) is 29.9 Å². The molecule has 6 heteroatoms. The predicted molar refractivity (Wildman–Crippen MR) is 109 cm³/mol. The molecule has 1 aliphatic carbocycles. The van der Waals surface area contributed by atoms with Crippen molar-refractivity contribution in [3.05, 3.63) is 65.5 Å². The summed E-state index contributed by atoms with van der Waals surface area (Å²) in [6.07, 6.45) is 9.15. The highest BCUT2D eigenvalue weighted by Gasteiger charge is 2.14. The second-order valence-corrected chi connectivity index (χ2v) is 6.66. The fourth-order valence-electron chi connectivity index (χ4n) is 3.01. The Morgan fingerprint density at radius 1 is 1.32 bits per heavy atom. The lowest BCUT2D eigenvalue weighted by Gasteiger charge is -2.15. The molecular weight excluding hydrogens is 352 g/mol. The van der Waals surface area contributed by atoms with Crippen molar-refractivity contribution >= 4 is 11.4 Å². The number of nitrogens with zero attached hydrogens (tertiary/aromatic N) is 3. The molecule has 6 nitrogen and oxygen atoms in total. The van der Waals surface area contributed by atoms with Crippen LogP contribution in [0.3, 0.4) is 0 Å². The SMILES string of the molecule is CCOC1=C[C@H](C)C/C=C(\c2ccc(C#N)cc2Oc2cc(N)nn2C)C=C1. The molecule has 1 aromatic carbocycles. The molecule has 0 aliphatic heterocycles. The van der Waals surface area contributed by atoms with Crippen molar-refractivity contribution in [3.63, 3.8) is 0 Å². The lowest BCUT2D eigenvalue weighted by Crippen LogP contribution is -2.00. The average molecular weight is 376 g/mol. The minimum atomic E-state index is 0.348. The molecule has 0 radical (unpaired) electrons. The zero-order chi connectivity index (χ0) is 20.1. The first kappa shape index (κ1) is 19.3. The maximum atomic E-state index is 9.30. The van der Waals surface area contributed by atoms with Gasteiger partial charge in [-0.05, 0) is 55.2 Å². The van der Waals surface area contributed by atoms with E-state index in [-0.39, 0.29) is 0 Å². The Hall–Kier alpha value is -3.46.